The Bertz CT molecular complexity index is 1350. The van der Waals surface area contributed by atoms with Crippen LogP contribution in [0, 0.1) is 12.3 Å². The lowest BCUT2D eigenvalue weighted by atomic mass is 10.1. The van der Waals surface area contributed by atoms with Crippen molar-refractivity contribution in [3.63, 3.8) is 0 Å². The van der Waals surface area contributed by atoms with Gasteiger partial charge in [-0.3, -0.25) is 4.57 Å². The van der Waals surface area contributed by atoms with Crippen molar-refractivity contribution >= 4 is 16.9 Å². The molecule has 1 N–H and O–H groups in total. The summed E-state index contributed by atoms with van der Waals surface area (Å²) in [5.74, 6) is 1.17. The molecule has 2 aromatic carbocycles. The largest absolute Gasteiger partial charge is 0.494 e. The van der Waals surface area contributed by atoms with Crippen LogP contribution in [0.2, 0.25) is 0 Å². The number of nitrogens with zero attached hydrogens (tertiary/aromatic N) is 4. The maximum Gasteiger partial charge on any atom is 0.334 e. The van der Waals surface area contributed by atoms with E-state index >= 15 is 0 Å². The molecule has 0 fully saturated rings. The summed E-state index contributed by atoms with van der Waals surface area (Å²) < 4.78 is 13.8. The fourth-order valence-corrected chi connectivity index (χ4v) is 3.69. The van der Waals surface area contributed by atoms with E-state index in [9.17, 15) is 4.79 Å². The molecule has 0 spiro atoms. The lowest BCUT2D eigenvalue weighted by Gasteiger charge is -2.10. The molecule has 8 nitrogen and oxygen atoms in total. The molecular formula is C24H25N5O3. The van der Waals surface area contributed by atoms with E-state index in [4.69, 9.17) is 19.9 Å². The van der Waals surface area contributed by atoms with Crippen molar-refractivity contribution in [2.24, 2.45) is 7.05 Å². The standard InChI is InChI=1S/C24H25N5O3/c1-5-32-17-12-10-16(11-13-17)22-26-20(18(25)14-31-4)21-23(27-22)29(24(30)28(21)3)19-9-7-6-8-15(19)2/h6-13,25H,5,14H2,1-4H3. The molecule has 32 heavy (non-hydrogen) atoms. The first kappa shape index (κ1) is 21.5. The van der Waals surface area contributed by atoms with E-state index in [0.29, 0.717) is 29.3 Å². The van der Waals surface area contributed by atoms with Crippen molar-refractivity contribution < 1.29 is 9.47 Å². The number of benzene rings is 2. The monoisotopic (exact) mass is 431 g/mol. The maximum absolute atomic E-state index is 13.3. The van der Waals surface area contributed by atoms with E-state index in [1.807, 2.05) is 62.4 Å². The lowest BCUT2D eigenvalue weighted by Crippen LogP contribution is -2.21. The molecule has 4 rings (SSSR count). The normalized spacial score (nSPS) is 11.1. The summed E-state index contributed by atoms with van der Waals surface area (Å²) in [6, 6.07) is 15.1. The fourth-order valence-electron chi connectivity index (χ4n) is 3.69. The van der Waals surface area contributed by atoms with Gasteiger partial charge in [-0.25, -0.2) is 19.3 Å². The number of para-hydroxylation sites is 1. The Morgan fingerprint density at radius 1 is 1.09 bits per heavy atom. The molecular weight excluding hydrogens is 406 g/mol. The number of rotatable bonds is 7. The van der Waals surface area contributed by atoms with Crippen molar-refractivity contribution in [2.75, 3.05) is 20.3 Å². The van der Waals surface area contributed by atoms with Gasteiger partial charge < -0.3 is 14.9 Å². The van der Waals surface area contributed by atoms with Crippen LogP contribution in [0.15, 0.2) is 53.3 Å². The number of nitrogens with one attached hydrogen (secondary N) is 1. The third-order valence-electron chi connectivity index (χ3n) is 5.25. The van der Waals surface area contributed by atoms with E-state index in [-0.39, 0.29) is 18.0 Å². The molecule has 8 heteroatoms. The zero-order chi connectivity index (χ0) is 22.8. The third kappa shape index (κ3) is 3.69. The second-order valence-electron chi connectivity index (χ2n) is 7.40. The highest BCUT2D eigenvalue weighted by atomic mass is 16.5. The summed E-state index contributed by atoms with van der Waals surface area (Å²) >= 11 is 0. The van der Waals surface area contributed by atoms with Crippen LogP contribution in [0.1, 0.15) is 18.2 Å². The molecule has 2 heterocycles. The number of fused-ring (bicyclic) bond motifs is 1. The van der Waals surface area contributed by atoms with Gasteiger partial charge in [0.15, 0.2) is 11.5 Å². The van der Waals surface area contributed by atoms with Crippen LogP contribution in [0.3, 0.4) is 0 Å². The molecule has 164 valence electrons. The van der Waals surface area contributed by atoms with Gasteiger partial charge in [0.1, 0.15) is 17.0 Å². The summed E-state index contributed by atoms with van der Waals surface area (Å²) in [5.41, 5.74) is 3.67. The molecule has 0 amide bonds. The molecule has 2 aromatic heterocycles. The van der Waals surface area contributed by atoms with Crippen molar-refractivity contribution in [1.82, 2.24) is 19.1 Å². The van der Waals surface area contributed by atoms with Crippen LogP contribution >= 0.6 is 0 Å². The maximum atomic E-state index is 13.3. The van der Waals surface area contributed by atoms with E-state index in [2.05, 4.69) is 4.98 Å². The number of aryl methyl sites for hydroxylation is 2. The minimum absolute atomic E-state index is 0.0680. The van der Waals surface area contributed by atoms with E-state index in [1.54, 1.807) is 11.6 Å². The summed E-state index contributed by atoms with van der Waals surface area (Å²) in [4.78, 5) is 22.7. The van der Waals surface area contributed by atoms with Crippen molar-refractivity contribution in [2.45, 2.75) is 13.8 Å². The topological polar surface area (TPSA) is 95.0 Å². The summed E-state index contributed by atoms with van der Waals surface area (Å²) in [5, 5.41) is 8.52. The van der Waals surface area contributed by atoms with Gasteiger partial charge in [0.25, 0.3) is 0 Å². The smallest absolute Gasteiger partial charge is 0.334 e. The van der Waals surface area contributed by atoms with Gasteiger partial charge in [-0.2, -0.15) is 0 Å². The second-order valence-corrected chi connectivity index (χ2v) is 7.40. The number of aromatic nitrogens is 4. The Balaban J connectivity index is 2.03. The van der Waals surface area contributed by atoms with E-state index in [0.717, 1.165) is 22.6 Å². The predicted molar refractivity (Wildman–Crippen MR) is 124 cm³/mol. The first-order valence-corrected chi connectivity index (χ1v) is 10.3. The first-order valence-electron chi connectivity index (χ1n) is 10.3. The van der Waals surface area contributed by atoms with Gasteiger partial charge in [0.2, 0.25) is 0 Å². The summed E-state index contributed by atoms with van der Waals surface area (Å²) in [6.45, 7) is 4.52. The lowest BCUT2D eigenvalue weighted by molar-refractivity contribution is 0.245. The highest BCUT2D eigenvalue weighted by molar-refractivity contribution is 6.06. The molecule has 0 atom stereocenters. The molecule has 4 aromatic rings. The average molecular weight is 431 g/mol. The Morgan fingerprint density at radius 2 is 1.81 bits per heavy atom. The van der Waals surface area contributed by atoms with Crippen LogP contribution in [0.5, 0.6) is 5.75 Å². The molecule has 0 saturated heterocycles. The Hall–Kier alpha value is -3.78. The van der Waals surface area contributed by atoms with E-state index in [1.165, 1.54) is 11.7 Å². The number of ether oxygens (including phenoxy) is 2. The Morgan fingerprint density at radius 3 is 2.47 bits per heavy atom. The second kappa shape index (κ2) is 8.76. The number of hydrogen-bond donors (Lipinski definition) is 1. The summed E-state index contributed by atoms with van der Waals surface area (Å²) in [7, 11) is 3.20. The van der Waals surface area contributed by atoms with E-state index < -0.39 is 0 Å². The van der Waals surface area contributed by atoms with Crippen LogP contribution in [-0.4, -0.2) is 45.1 Å². The minimum Gasteiger partial charge on any atom is -0.494 e. The van der Waals surface area contributed by atoms with Crippen molar-refractivity contribution in [3.8, 4) is 22.8 Å². The zero-order valence-electron chi connectivity index (χ0n) is 18.5. The molecule has 0 aliphatic carbocycles. The van der Waals surface area contributed by atoms with Gasteiger partial charge in [0.05, 0.1) is 24.6 Å². The Kier molecular flexibility index (Phi) is 5.87. The van der Waals surface area contributed by atoms with Crippen LogP contribution < -0.4 is 10.4 Å². The quantitative estimate of drug-likeness (QED) is 0.452. The van der Waals surface area contributed by atoms with Crippen molar-refractivity contribution in [3.05, 3.63) is 70.3 Å². The van der Waals surface area contributed by atoms with Gasteiger partial charge >= 0.3 is 5.69 Å². The Labute approximate surface area is 185 Å². The van der Waals surface area contributed by atoms with Crippen molar-refractivity contribution in [1.29, 1.82) is 5.41 Å². The highest BCUT2D eigenvalue weighted by Crippen LogP contribution is 2.26. The highest BCUT2D eigenvalue weighted by Gasteiger charge is 2.23. The average Bonchev–Trinajstić information content (AvgIpc) is 3.04. The van der Waals surface area contributed by atoms with Gasteiger partial charge in [-0.05, 0) is 49.7 Å². The molecule has 0 radical (unpaired) electrons. The predicted octanol–water partition coefficient (Wildman–Crippen LogP) is 3.51. The van der Waals surface area contributed by atoms with Crippen LogP contribution in [0.4, 0.5) is 0 Å². The van der Waals surface area contributed by atoms with Crippen LogP contribution in [0.25, 0.3) is 28.2 Å². The zero-order valence-corrected chi connectivity index (χ0v) is 18.5. The number of methoxy groups -OCH3 is 1. The van der Waals surface area contributed by atoms with Gasteiger partial charge in [-0.15, -0.1) is 0 Å². The van der Waals surface area contributed by atoms with Gasteiger partial charge in [0, 0.05) is 19.7 Å². The third-order valence-corrected chi connectivity index (χ3v) is 5.25. The minimum atomic E-state index is -0.251. The van der Waals surface area contributed by atoms with Gasteiger partial charge in [-0.1, -0.05) is 18.2 Å². The number of imidazole rings is 1. The SMILES string of the molecule is CCOc1ccc(-c2nc(C(=N)COC)c3c(n2)n(-c2ccccc2C)c(=O)n3C)cc1. The summed E-state index contributed by atoms with van der Waals surface area (Å²) in [6.07, 6.45) is 0. The van der Waals surface area contributed by atoms with Crippen LogP contribution in [-0.2, 0) is 11.8 Å². The molecule has 0 bridgehead atoms. The molecule has 0 unspecified atom stereocenters. The molecule has 0 aliphatic heterocycles. The first-order chi connectivity index (χ1) is 15.5. The molecule has 0 aliphatic rings. The fraction of sp³-hybridized carbons (Fsp3) is 0.250. The number of hydrogen-bond acceptors (Lipinski definition) is 6. The molecule has 0 saturated carbocycles.